The molecule has 2 atom stereocenters. The van der Waals surface area contributed by atoms with Crippen molar-refractivity contribution in [3.63, 3.8) is 0 Å². The molecule has 0 amide bonds. The maximum absolute atomic E-state index is 11.5. The van der Waals surface area contributed by atoms with E-state index < -0.39 is 21.2 Å². The lowest BCUT2D eigenvalue weighted by molar-refractivity contribution is 0.143. The lowest BCUT2D eigenvalue weighted by Gasteiger charge is -2.20. The summed E-state index contributed by atoms with van der Waals surface area (Å²) < 4.78 is 23.1. The summed E-state index contributed by atoms with van der Waals surface area (Å²) in [4.78, 5) is 0. The number of hydrogen-bond acceptors (Lipinski definition) is 3. The number of hydrogen-bond donors (Lipinski definition) is 1. The molecule has 1 rings (SSSR count). The van der Waals surface area contributed by atoms with E-state index >= 15 is 0 Å². The highest BCUT2D eigenvalue weighted by molar-refractivity contribution is 7.92. The molecule has 1 aliphatic carbocycles. The van der Waals surface area contributed by atoms with Gasteiger partial charge in [0.05, 0.1) is 11.4 Å². The lowest BCUT2D eigenvalue weighted by atomic mass is 10.1. The Labute approximate surface area is 80.1 Å². The van der Waals surface area contributed by atoms with Gasteiger partial charge >= 0.3 is 0 Å². The maximum atomic E-state index is 11.5. The van der Waals surface area contributed by atoms with Crippen molar-refractivity contribution in [2.45, 2.75) is 44.5 Å². The van der Waals surface area contributed by atoms with Gasteiger partial charge in [0.15, 0.2) is 9.84 Å². The van der Waals surface area contributed by atoms with Crippen LogP contribution in [0.3, 0.4) is 0 Å². The summed E-state index contributed by atoms with van der Waals surface area (Å²) in [5, 5.41) is 9.20. The minimum atomic E-state index is -3.06. The molecule has 0 saturated heterocycles. The number of aliphatic hydroxyl groups is 1. The monoisotopic (exact) mass is 206 g/mol. The van der Waals surface area contributed by atoms with Crippen LogP contribution in [0.4, 0.5) is 0 Å². The summed E-state index contributed by atoms with van der Waals surface area (Å²) in [5.41, 5.74) is 0. The predicted octanol–water partition coefficient (Wildman–Crippen LogP) is 0.971. The second-order valence-electron chi connectivity index (χ2n) is 3.73. The Bertz CT molecular complexity index is 254. The average molecular weight is 206 g/mol. The fourth-order valence-corrected chi connectivity index (χ4v) is 3.25. The van der Waals surface area contributed by atoms with E-state index in [4.69, 9.17) is 0 Å². The molecule has 0 bridgehead atoms. The minimum Gasteiger partial charge on any atom is -0.391 e. The molecule has 1 aliphatic rings. The standard InChI is InChI=1S/C9H18O3S/c1-3-8(13(11,12)4-2)9(10)7-5-6-7/h7-10H,3-6H2,1-2H3/t8-,9-/m0/s1. The van der Waals surface area contributed by atoms with Crippen molar-refractivity contribution in [1.29, 1.82) is 0 Å². The molecule has 78 valence electrons. The lowest BCUT2D eigenvalue weighted by Crippen LogP contribution is -2.36. The maximum Gasteiger partial charge on any atom is 0.155 e. The van der Waals surface area contributed by atoms with Crippen LogP contribution in [0.25, 0.3) is 0 Å². The van der Waals surface area contributed by atoms with Gasteiger partial charge in [0.25, 0.3) is 0 Å². The molecule has 1 saturated carbocycles. The van der Waals surface area contributed by atoms with E-state index in [1.54, 1.807) is 6.92 Å². The van der Waals surface area contributed by atoms with Crippen molar-refractivity contribution < 1.29 is 13.5 Å². The highest BCUT2D eigenvalue weighted by atomic mass is 32.2. The smallest absolute Gasteiger partial charge is 0.155 e. The first-order valence-electron chi connectivity index (χ1n) is 4.92. The first kappa shape index (κ1) is 11.0. The van der Waals surface area contributed by atoms with Crippen LogP contribution in [0.1, 0.15) is 33.1 Å². The Hall–Kier alpha value is -0.0900. The third-order valence-corrected chi connectivity index (χ3v) is 5.09. The Kier molecular flexibility index (Phi) is 3.35. The third kappa shape index (κ3) is 2.44. The van der Waals surface area contributed by atoms with Gasteiger partial charge in [0.1, 0.15) is 0 Å². The van der Waals surface area contributed by atoms with Gasteiger partial charge in [-0.2, -0.15) is 0 Å². The zero-order valence-corrected chi connectivity index (χ0v) is 9.05. The van der Waals surface area contributed by atoms with Gasteiger partial charge in [-0.1, -0.05) is 13.8 Å². The number of aliphatic hydroxyl groups excluding tert-OH is 1. The largest absolute Gasteiger partial charge is 0.391 e. The molecule has 13 heavy (non-hydrogen) atoms. The highest BCUT2D eigenvalue weighted by Crippen LogP contribution is 2.36. The van der Waals surface area contributed by atoms with Crippen LogP contribution in [0.15, 0.2) is 0 Å². The fourth-order valence-electron chi connectivity index (χ4n) is 1.66. The molecule has 1 fully saturated rings. The first-order valence-corrected chi connectivity index (χ1v) is 6.64. The van der Waals surface area contributed by atoms with E-state index in [-0.39, 0.29) is 11.7 Å². The molecule has 0 aliphatic heterocycles. The molecule has 0 aromatic heterocycles. The van der Waals surface area contributed by atoms with Crippen molar-refractivity contribution in [3.8, 4) is 0 Å². The second-order valence-corrected chi connectivity index (χ2v) is 6.23. The molecular weight excluding hydrogens is 188 g/mol. The Balaban J connectivity index is 2.71. The Morgan fingerprint density at radius 1 is 1.38 bits per heavy atom. The van der Waals surface area contributed by atoms with E-state index in [0.29, 0.717) is 6.42 Å². The normalized spacial score (nSPS) is 22.7. The summed E-state index contributed by atoms with van der Waals surface area (Å²) in [6.07, 6.45) is 1.86. The van der Waals surface area contributed by atoms with Crippen molar-refractivity contribution in [1.82, 2.24) is 0 Å². The average Bonchev–Trinajstić information content (AvgIpc) is 2.87. The van der Waals surface area contributed by atoms with E-state index in [1.165, 1.54) is 0 Å². The van der Waals surface area contributed by atoms with Gasteiger partial charge in [0, 0.05) is 5.75 Å². The van der Waals surface area contributed by atoms with Crippen molar-refractivity contribution in [2.75, 3.05) is 5.75 Å². The Morgan fingerprint density at radius 3 is 2.23 bits per heavy atom. The zero-order valence-electron chi connectivity index (χ0n) is 8.23. The summed E-state index contributed by atoms with van der Waals surface area (Å²) in [6, 6.07) is 0. The van der Waals surface area contributed by atoms with Crippen LogP contribution in [0.2, 0.25) is 0 Å². The number of rotatable bonds is 5. The van der Waals surface area contributed by atoms with Crippen LogP contribution >= 0.6 is 0 Å². The molecule has 3 nitrogen and oxygen atoms in total. The molecular formula is C9H18O3S. The summed E-state index contributed by atoms with van der Waals surface area (Å²) in [7, 11) is -3.06. The highest BCUT2D eigenvalue weighted by Gasteiger charge is 2.39. The quantitative estimate of drug-likeness (QED) is 0.729. The summed E-state index contributed by atoms with van der Waals surface area (Å²) in [5.74, 6) is 0.376. The van der Waals surface area contributed by atoms with Crippen molar-refractivity contribution >= 4 is 9.84 Å². The molecule has 0 aromatic carbocycles. The van der Waals surface area contributed by atoms with E-state index in [9.17, 15) is 13.5 Å². The van der Waals surface area contributed by atoms with Crippen LogP contribution < -0.4 is 0 Å². The SMILES string of the molecule is CC[C@@H]([C@@H](O)C1CC1)S(=O)(=O)CC. The fraction of sp³-hybridized carbons (Fsp3) is 1.00. The number of sulfone groups is 1. The van der Waals surface area contributed by atoms with Gasteiger partial charge in [-0.25, -0.2) is 8.42 Å². The van der Waals surface area contributed by atoms with Crippen LogP contribution in [-0.2, 0) is 9.84 Å². The van der Waals surface area contributed by atoms with Gasteiger partial charge in [0.2, 0.25) is 0 Å². The topological polar surface area (TPSA) is 54.4 Å². The molecule has 0 heterocycles. The predicted molar refractivity (Wildman–Crippen MR) is 52.3 cm³/mol. The van der Waals surface area contributed by atoms with Crippen molar-refractivity contribution in [2.24, 2.45) is 5.92 Å². The molecule has 0 radical (unpaired) electrons. The van der Waals surface area contributed by atoms with Gasteiger partial charge in [-0.3, -0.25) is 0 Å². The van der Waals surface area contributed by atoms with E-state index in [0.717, 1.165) is 12.8 Å². The third-order valence-electron chi connectivity index (χ3n) is 2.75. The van der Waals surface area contributed by atoms with Gasteiger partial charge in [-0.15, -0.1) is 0 Å². The van der Waals surface area contributed by atoms with Crippen LogP contribution in [0, 0.1) is 5.92 Å². The zero-order chi connectivity index (χ0) is 10.1. The second kappa shape index (κ2) is 3.96. The first-order chi connectivity index (χ1) is 6.03. The Morgan fingerprint density at radius 2 is 1.92 bits per heavy atom. The van der Waals surface area contributed by atoms with E-state index in [1.807, 2.05) is 6.92 Å². The molecule has 0 spiro atoms. The summed E-state index contributed by atoms with van der Waals surface area (Å²) >= 11 is 0. The molecule has 4 heteroatoms. The summed E-state index contributed by atoms with van der Waals surface area (Å²) in [6.45, 7) is 3.46. The molecule has 0 aromatic rings. The van der Waals surface area contributed by atoms with Gasteiger partial charge in [-0.05, 0) is 25.2 Å². The minimum absolute atomic E-state index is 0.134. The van der Waals surface area contributed by atoms with E-state index in [2.05, 4.69) is 0 Å². The van der Waals surface area contributed by atoms with Crippen molar-refractivity contribution in [3.05, 3.63) is 0 Å². The van der Waals surface area contributed by atoms with Crippen LogP contribution in [-0.4, -0.2) is 30.6 Å². The van der Waals surface area contributed by atoms with Crippen LogP contribution in [0.5, 0.6) is 0 Å². The molecule has 0 unspecified atom stereocenters. The molecule has 1 N–H and O–H groups in total. The van der Waals surface area contributed by atoms with Gasteiger partial charge < -0.3 is 5.11 Å².